The summed E-state index contributed by atoms with van der Waals surface area (Å²) in [5.74, 6) is 0.567. The molecule has 2 N–H and O–H groups in total. The molecule has 1 saturated carbocycles. The third-order valence-corrected chi connectivity index (χ3v) is 4.69. The number of aliphatic hydroxyl groups is 1. The number of nitrogens with zero attached hydrogens (tertiary/aromatic N) is 4. The summed E-state index contributed by atoms with van der Waals surface area (Å²) in [6.07, 6.45) is 4.99. The Morgan fingerprint density at radius 3 is 2.62 bits per heavy atom. The number of hydrogen-bond acceptors (Lipinski definition) is 5. The van der Waals surface area contributed by atoms with Gasteiger partial charge in [-0.1, -0.05) is 29.8 Å². The van der Waals surface area contributed by atoms with Crippen molar-refractivity contribution in [3.05, 3.63) is 41.7 Å². The predicted molar refractivity (Wildman–Crippen MR) is 93.6 cm³/mol. The molecule has 24 heavy (non-hydrogen) atoms. The van der Waals surface area contributed by atoms with E-state index in [9.17, 15) is 5.11 Å². The van der Waals surface area contributed by atoms with E-state index in [2.05, 4.69) is 20.4 Å². The fourth-order valence-corrected chi connectivity index (χ4v) is 3.30. The van der Waals surface area contributed by atoms with E-state index in [0.717, 1.165) is 36.8 Å². The SMILES string of the molecule is OC1CCC(Nc2ncc3c(Cl)nn(-c4ccccc4)c3n2)CC1. The highest BCUT2D eigenvalue weighted by atomic mass is 35.5. The second kappa shape index (κ2) is 6.37. The summed E-state index contributed by atoms with van der Waals surface area (Å²) in [7, 11) is 0. The predicted octanol–water partition coefficient (Wildman–Crippen LogP) is 3.18. The zero-order valence-corrected chi connectivity index (χ0v) is 13.8. The monoisotopic (exact) mass is 343 g/mol. The summed E-state index contributed by atoms with van der Waals surface area (Å²) in [5, 5.41) is 18.5. The molecular weight excluding hydrogens is 326 g/mol. The molecule has 1 fully saturated rings. The van der Waals surface area contributed by atoms with Crippen LogP contribution in [0.25, 0.3) is 16.7 Å². The van der Waals surface area contributed by atoms with Crippen LogP contribution in [0.3, 0.4) is 0 Å². The molecule has 0 unspecified atom stereocenters. The van der Waals surface area contributed by atoms with Crippen molar-refractivity contribution in [3.8, 4) is 5.69 Å². The maximum absolute atomic E-state index is 9.61. The van der Waals surface area contributed by atoms with Crippen LogP contribution in [0, 0.1) is 0 Å². The molecule has 4 rings (SSSR count). The van der Waals surface area contributed by atoms with Gasteiger partial charge in [0.15, 0.2) is 10.8 Å². The van der Waals surface area contributed by atoms with Crippen molar-refractivity contribution in [2.24, 2.45) is 0 Å². The van der Waals surface area contributed by atoms with Crippen LogP contribution < -0.4 is 5.32 Å². The summed E-state index contributed by atoms with van der Waals surface area (Å²) in [6.45, 7) is 0. The number of nitrogens with one attached hydrogen (secondary N) is 1. The Hall–Kier alpha value is -2.18. The molecule has 7 heteroatoms. The van der Waals surface area contributed by atoms with E-state index in [1.165, 1.54) is 0 Å². The van der Waals surface area contributed by atoms with E-state index in [1.54, 1.807) is 10.9 Å². The molecule has 0 radical (unpaired) electrons. The van der Waals surface area contributed by atoms with E-state index < -0.39 is 0 Å². The standard InChI is InChI=1S/C17H18ClN5O/c18-15-14-10-19-17(20-11-6-8-13(24)9-7-11)21-16(14)23(22-15)12-4-2-1-3-5-12/h1-5,10-11,13,24H,6-9H2,(H,19,20,21). The van der Waals surface area contributed by atoms with Crippen LogP contribution in [0.5, 0.6) is 0 Å². The first kappa shape index (κ1) is 15.4. The van der Waals surface area contributed by atoms with Crippen molar-refractivity contribution in [1.29, 1.82) is 0 Å². The number of rotatable bonds is 3. The van der Waals surface area contributed by atoms with Gasteiger partial charge in [0.25, 0.3) is 0 Å². The highest BCUT2D eigenvalue weighted by Gasteiger charge is 2.20. The molecule has 2 heterocycles. The number of hydrogen-bond donors (Lipinski definition) is 2. The highest BCUT2D eigenvalue weighted by Crippen LogP contribution is 2.26. The Morgan fingerprint density at radius 1 is 1.12 bits per heavy atom. The minimum absolute atomic E-state index is 0.176. The molecule has 1 aliphatic carbocycles. The third kappa shape index (κ3) is 2.95. The van der Waals surface area contributed by atoms with Gasteiger partial charge in [-0.3, -0.25) is 0 Å². The van der Waals surface area contributed by atoms with Crippen LogP contribution in [-0.2, 0) is 0 Å². The van der Waals surface area contributed by atoms with Crippen molar-refractivity contribution < 1.29 is 5.11 Å². The number of aromatic nitrogens is 4. The average molecular weight is 344 g/mol. The molecule has 3 aromatic rings. The smallest absolute Gasteiger partial charge is 0.224 e. The number of fused-ring (bicyclic) bond motifs is 1. The first-order valence-electron chi connectivity index (χ1n) is 8.12. The van der Waals surface area contributed by atoms with E-state index in [-0.39, 0.29) is 12.1 Å². The van der Waals surface area contributed by atoms with Gasteiger partial charge in [0.2, 0.25) is 5.95 Å². The minimum atomic E-state index is -0.176. The van der Waals surface area contributed by atoms with Gasteiger partial charge in [0, 0.05) is 12.2 Å². The number of aliphatic hydroxyl groups excluding tert-OH is 1. The number of para-hydroxylation sites is 1. The number of benzene rings is 1. The summed E-state index contributed by atoms with van der Waals surface area (Å²) in [6, 6.07) is 10.1. The molecule has 0 saturated heterocycles. The molecule has 1 aliphatic rings. The Bertz CT molecular complexity index is 843. The third-order valence-electron chi connectivity index (χ3n) is 4.41. The quantitative estimate of drug-likeness (QED) is 0.763. The Labute approximate surface area is 144 Å². The topological polar surface area (TPSA) is 75.9 Å². The van der Waals surface area contributed by atoms with Gasteiger partial charge >= 0.3 is 0 Å². The molecular formula is C17H18ClN5O. The molecule has 1 aromatic carbocycles. The maximum Gasteiger partial charge on any atom is 0.224 e. The van der Waals surface area contributed by atoms with Gasteiger partial charge in [-0.05, 0) is 37.8 Å². The maximum atomic E-state index is 9.61. The van der Waals surface area contributed by atoms with Crippen LogP contribution in [0.4, 0.5) is 5.95 Å². The van der Waals surface area contributed by atoms with Crippen LogP contribution in [0.1, 0.15) is 25.7 Å². The second-order valence-electron chi connectivity index (χ2n) is 6.12. The van der Waals surface area contributed by atoms with Crippen LogP contribution in [0.15, 0.2) is 36.5 Å². The largest absolute Gasteiger partial charge is 0.393 e. The van der Waals surface area contributed by atoms with Gasteiger partial charge in [0.05, 0.1) is 17.2 Å². The van der Waals surface area contributed by atoms with E-state index in [4.69, 9.17) is 11.6 Å². The molecule has 2 aromatic heterocycles. The molecule has 0 amide bonds. The number of anilines is 1. The summed E-state index contributed by atoms with van der Waals surface area (Å²) in [5.41, 5.74) is 1.58. The average Bonchev–Trinajstić information content (AvgIpc) is 2.94. The fourth-order valence-electron chi connectivity index (χ4n) is 3.09. The van der Waals surface area contributed by atoms with E-state index in [0.29, 0.717) is 16.7 Å². The van der Waals surface area contributed by atoms with Crippen molar-refractivity contribution >= 4 is 28.6 Å². The van der Waals surface area contributed by atoms with Crippen molar-refractivity contribution in [3.63, 3.8) is 0 Å². The summed E-state index contributed by atoms with van der Waals surface area (Å²) >= 11 is 6.23. The molecule has 0 spiro atoms. The second-order valence-corrected chi connectivity index (χ2v) is 6.48. The lowest BCUT2D eigenvalue weighted by atomic mass is 9.93. The van der Waals surface area contributed by atoms with Crippen molar-refractivity contribution in [2.45, 2.75) is 37.8 Å². The lowest BCUT2D eigenvalue weighted by molar-refractivity contribution is 0.126. The first-order chi connectivity index (χ1) is 11.7. The summed E-state index contributed by atoms with van der Waals surface area (Å²) in [4.78, 5) is 8.98. The van der Waals surface area contributed by atoms with Crippen molar-refractivity contribution in [1.82, 2.24) is 19.7 Å². The molecule has 0 aliphatic heterocycles. The van der Waals surface area contributed by atoms with Crippen LogP contribution in [0.2, 0.25) is 5.15 Å². The fraction of sp³-hybridized carbons (Fsp3) is 0.353. The zero-order chi connectivity index (χ0) is 16.5. The van der Waals surface area contributed by atoms with Crippen LogP contribution in [-0.4, -0.2) is 37.0 Å². The number of halogens is 1. The van der Waals surface area contributed by atoms with Gasteiger partial charge in [0.1, 0.15) is 0 Å². The first-order valence-corrected chi connectivity index (χ1v) is 8.50. The Morgan fingerprint density at radius 2 is 1.88 bits per heavy atom. The highest BCUT2D eigenvalue weighted by molar-refractivity contribution is 6.34. The lowest BCUT2D eigenvalue weighted by Crippen LogP contribution is -2.28. The molecule has 6 nitrogen and oxygen atoms in total. The van der Waals surface area contributed by atoms with E-state index >= 15 is 0 Å². The molecule has 124 valence electrons. The minimum Gasteiger partial charge on any atom is -0.393 e. The van der Waals surface area contributed by atoms with Crippen LogP contribution >= 0.6 is 11.6 Å². The molecule has 0 bridgehead atoms. The summed E-state index contributed by atoms with van der Waals surface area (Å²) < 4.78 is 1.73. The zero-order valence-electron chi connectivity index (χ0n) is 13.1. The van der Waals surface area contributed by atoms with Crippen molar-refractivity contribution in [2.75, 3.05) is 5.32 Å². The normalized spacial score (nSPS) is 21.1. The Kier molecular flexibility index (Phi) is 4.08. The lowest BCUT2D eigenvalue weighted by Gasteiger charge is -2.26. The Balaban J connectivity index is 1.67. The van der Waals surface area contributed by atoms with Gasteiger partial charge in [-0.15, -0.1) is 0 Å². The molecule has 0 atom stereocenters. The van der Waals surface area contributed by atoms with Gasteiger partial charge in [-0.2, -0.15) is 10.1 Å². The van der Waals surface area contributed by atoms with Gasteiger partial charge < -0.3 is 10.4 Å². The van der Waals surface area contributed by atoms with Gasteiger partial charge in [-0.25, -0.2) is 9.67 Å². The van der Waals surface area contributed by atoms with E-state index in [1.807, 2.05) is 30.3 Å².